The van der Waals surface area contributed by atoms with Crippen LogP contribution in [0.5, 0.6) is 5.75 Å². The van der Waals surface area contributed by atoms with Crippen molar-refractivity contribution < 1.29 is 18.3 Å². The van der Waals surface area contributed by atoms with Crippen LogP contribution in [-0.2, 0) is 4.74 Å². The molecule has 0 bridgehead atoms. The zero-order chi connectivity index (χ0) is 22.5. The Hall–Kier alpha value is -2.36. The molecule has 1 unspecified atom stereocenters. The number of hydrogen-bond acceptors (Lipinski definition) is 2. The van der Waals surface area contributed by atoms with Crippen LogP contribution in [0.4, 0.5) is 8.78 Å². The van der Waals surface area contributed by atoms with Gasteiger partial charge in [-0.05, 0) is 86.6 Å². The fourth-order valence-corrected chi connectivity index (χ4v) is 5.19. The Labute approximate surface area is 190 Å². The summed E-state index contributed by atoms with van der Waals surface area (Å²) in [5.41, 5.74) is 2.23. The van der Waals surface area contributed by atoms with Gasteiger partial charge in [-0.25, -0.2) is 4.39 Å². The first-order chi connectivity index (χ1) is 15.6. The number of allylic oxidation sites excluding steroid dienone is 2. The van der Waals surface area contributed by atoms with Crippen molar-refractivity contribution in [2.24, 2.45) is 11.8 Å². The topological polar surface area (TPSA) is 18.5 Å². The molecule has 172 valence electrons. The predicted octanol–water partition coefficient (Wildman–Crippen LogP) is 8.02. The Morgan fingerprint density at radius 2 is 1.62 bits per heavy atom. The average Bonchev–Trinajstić information content (AvgIpc) is 2.83. The SMILES string of the molecule is CCCC1CC=C(C2CCC(c3ccc(-c4ccc(OCC)c(F)c4F)cc3)CC2)OC1. The van der Waals surface area contributed by atoms with Crippen molar-refractivity contribution in [1.82, 2.24) is 0 Å². The van der Waals surface area contributed by atoms with E-state index in [1.165, 1.54) is 30.2 Å². The molecule has 0 saturated heterocycles. The van der Waals surface area contributed by atoms with Crippen LogP contribution in [0.15, 0.2) is 48.2 Å². The highest BCUT2D eigenvalue weighted by molar-refractivity contribution is 5.65. The number of halogens is 2. The van der Waals surface area contributed by atoms with E-state index in [-0.39, 0.29) is 11.3 Å². The summed E-state index contributed by atoms with van der Waals surface area (Å²) in [6.45, 7) is 5.17. The molecule has 1 atom stereocenters. The molecule has 32 heavy (non-hydrogen) atoms. The normalized spacial score (nSPS) is 23.4. The van der Waals surface area contributed by atoms with E-state index >= 15 is 0 Å². The highest BCUT2D eigenvalue weighted by atomic mass is 19.2. The van der Waals surface area contributed by atoms with Gasteiger partial charge in [-0.15, -0.1) is 0 Å². The lowest BCUT2D eigenvalue weighted by atomic mass is 9.77. The Kier molecular flexibility index (Phi) is 7.49. The Balaban J connectivity index is 1.37. The number of rotatable bonds is 7. The van der Waals surface area contributed by atoms with E-state index in [0.717, 1.165) is 38.7 Å². The van der Waals surface area contributed by atoms with Crippen LogP contribution in [0.2, 0.25) is 0 Å². The second-order valence-corrected chi connectivity index (χ2v) is 9.15. The summed E-state index contributed by atoms with van der Waals surface area (Å²) < 4.78 is 40.0. The third-order valence-corrected chi connectivity index (χ3v) is 7.00. The number of ether oxygens (including phenoxy) is 2. The fraction of sp³-hybridized carbons (Fsp3) is 0.500. The largest absolute Gasteiger partial charge is 0.498 e. The van der Waals surface area contributed by atoms with Gasteiger partial charge >= 0.3 is 0 Å². The first-order valence-corrected chi connectivity index (χ1v) is 12.1. The summed E-state index contributed by atoms with van der Waals surface area (Å²) >= 11 is 0. The number of benzene rings is 2. The van der Waals surface area contributed by atoms with E-state index in [4.69, 9.17) is 9.47 Å². The summed E-state index contributed by atoms with van der Waals surface area (Å²) in [5.74, 6) is 1.15. The molecule has 1 heterocycles. The molecule has 1 aliphatic carbocycles. The summed E-state index contributed by atoms with van der Waals surface area (Å²) in [6.07, 6.45) is 10.5. The standard InChI is InChI=1S/C28H34F2O2/c1-3-5-19-6-16-25(32-18-19)23-13-9-21(10-14-23)20-7-11-22(12-8-20)24-15-17-26(31-4-2)28(30)27(24)29/h7-8,11-12,15-17,19,21,23H,3-6,9-10,13-14,18H2,1-2H3. The van der Waals surface area contributed by atoms with Gasteiger partial charge in [0, 0.05) is 11.5 Å². The van der Waals surface area contributed by atoms with Gasteiger partial charge < -0.3 is 9.47 Å². The minimum absolute atomic E-state index is 0.0416. The predicted molar refractivity (Wildman–Crippen MR) is 125 cm³/mol. The Morgan fingerprint density at radius 1 is 0.906 bits per heavy atom. The first kappa shape index (κ1) is 22.8. The quantitative estimate of drug-likeness (QED) is 0.434. The van der Waals surface area contributed by atoms with Gasteiger partial charge in [0.25, 0.3) is 0 Å². The Morgan fingerprint density at radius 3 is 2.25 bits per heavy atom. The molecule has 2 aliphatic rings. The molecule has 0 aromatic heterocycles. The van der Waals surface area contributed by atoms with Gasteiger partial charge in [0.15, 0.2) is 11.6 Å². The third kappa shape index (κ3) is 5.00. The van der Waals surface area contributed by atoms with E-state index in [1.807, 2.05) is 12.1 Å². The van der Waals surface area contributed by atoms with Crippen LogP contribution < -0.4 is 4.74 Å². The number of hydrogen-bond donors (Lipinski definition) is 0. The lowest BCUT2D eigenvalue weighted by Gasteiger charge is -2.33. The molecule has 4 heteroatoms. The maximum Gasteiger partial charge on any atom is 0.201 e. The van der Waals surface area contributed by atoms with E-state index in [0.29, 0.717) is 29.9 Å². The van der Waals surface area contributed by atoms with E-state index in [1.54, 1.807) is 13.0 Å². The van der Waals surface area contributed by atoms with E-state index < -0.39 is 11.6 Å². The van der Waals surface area contributed by atoms with Crippen molar-refractivity contribution in [3.05, 3.63) is 65.4 Å². The van der Waals surface area contributed by atoms with Gasteiger partial charge in [0.05, 0.1) is 19.0 Å². The van der Waals surface area contributed by atoms with Crippen molar-refractivity contribution in [3.63, 3.8) is 0 Å². The molecule has 0 amide bonds. The second kappa shape index (κ2) is 10.5. The Bertz CT molecular complexity index is 927. The molecule has 2 aromatic carbocycles. The van der Waals surface area contributed by atoms with Crippen molar-refractivity contribution in [2.75, 3.05) is 13.2 Å². The molecule has 0 radical (unpaired) electrons. The second-order valence-electron chi connectivity index (χ2n) is 9.15. The molecule has 1 fully saturated rings. The molecule has 0 spiro atoms. The monoisotopic (exact) mass is 440 g/mol. The van der Waals surface area contributed by atoms with Crippen LogP contribution in [-0.4, -0.2) is 13.2 Å². The van der Waals surface area contributed by atoms with Crippen LogP contribution in [0.25, 0.3) is 11.1 Å². The molecular weight excluding hydrogens is 406 g/mol. The average molecular weight is 441 g/mol. The van der Waals surface area contributed by atoms with E-state index in [2.05, 4.69) is 25.1 Å². The van der Waals surface area contributed by atoms with Gasteiger partial charge in [-0.2, -0.15) is 4.39 Å². The molecule has 1 saturated carbocycles. The van der Waals surface area contributed by atoms with Crippen LogP contribution >= 0.6 is 0 Å². The summed E-state index contributed by atoms with van der Waals surface area (Å²) in [7, 11) is 0. The lowest BCUT2D eigenvalue weighted by Crippen LogP contribution is -2.21. The molecule has 0 N–H and O–H groups in total. The van der Waals surface area contributed by atoms with Gasteiger partial charge in [-0.1, -0.05) is 37.6 Å². The fourth-order valence-electron chi connectivity index (χ4n) is 5.19. The van der Waals surface area contributed by atoms with Crippen molar-refractivity contribution in [1.29, 1.82) is 0 Å². The minimum atomic E-state index is -0.924. The minimum Gasteiger partial charge on any atom is -0.498 e. The van der Waals surface area contributed by atoms with E-state index in [9.17, 15) is 8.78 Å². The first-order valence-electron chi connectivity index (χ1n) is 12.1. The molecule has 1 aliphatic heterocycles. The third-order valence-electron chi connectivity index (χ3n) is 7.00. The molecular formula is C28H34F2O2. The van der Waals surface area contributed by atoms with Gasteiger partial charge in [0.1, 0.15) is 0 Å². The zero-order valence-electron chi connectivity index (χ0n) is 19.2. The van der Waals surface area contributed by atoms with Crippen molar-refractivity contribution in [3.8, 4) is 16.9 Å². The van der Waals surface area contributed by atoms with Crippen LogP contribution in [0, 0.1) is 23.5 Å². The van der Waals surface area contributed by atoms with Gasteiger partial charge in [-0.3, -0.25) is 0 Å². The molecule has 2 aromatic rings. The maximum absolute atomic E-state index is 14.5. The highest BCUT2D eigenvalue weighted by Gasteiger charge is 2.28. The molecule has 4 rings (SSSR count). The highest BCUT2D eigenvalue weighted by Crippen LogP contribution is 2.41. The summed E-state index contributed by atoms with van der Waals surface area (Å²) in [4.78, 5) is 0. The lowest BCUT2D eigenvalue weighted by molar-refractivity contribution is 0.104. The van der Waals surface area contributed by atoms with Crippen LogP contribution in [0.3, 0.4) is 0 Å². The van der Waals surface area contributed by atoms with Crippen LogP contribution in [0.1, 0.15) is 70.3 Å². The van der Waals surface area contributed by atoms with Crippen molar-refractivity contribution >= 4 is 0 Å². The summed E-state index contributed by atoms with van der Waals surface area (Å²) in [6, 6.07) is 11.0. The smallest absolute Gasteiger partial charge is 0.201 e. The molecule has 2 nitrogen and oxygen atoms in total. The van der Waals surface area contributed by atoms with Gasteiger partial charge in [0.2, 0.25) is 5.82 Å². The van der Waals surface area contributed by atoms with Crippen molar-refractivity contribution in [2.45, 2.75) is 64.7 Å². The zero-order valence-corrected chi connectivity index (χ0v) is 19.2. The summed E-state index contributed by atoms with van der Waals surface area (Å²) in [5, 5.41) is 0. The maximum atomic E-state index is 14.5.